The number of rotatable bonds is 2. The second-order valence-electron chi connectivity index (χ2n) is 7.88. The molecule has 0 amide bonds. The molecule has 0 atom stereocenters. The van der Waals surface area contributed by atoms with E-state index in [1.54, 1.807) is 7.11 Å². The molecule has 0 unspecified atom stereocenters. The molecule has 4 aromatic carbocycles. The first-order chi connectivity index (χ1) is 12.5. The van der Waals surface area contributed by atoms with Crippen molar-refractivity contribution in [3.8, 4) is 16.9 Å². The van der Waals surface area contributed by atoms with Gasteiger partial charge >= 0.3 is 0 Å². The normalized spacial score (nSPS) is 11.8. The lowest BCUT2D eigenvalue weighted by Gasteiger charge is -2.19. The van der Waals surface area contributed by atoms with Gasteiger partial charge in [0.1, 0.15) is 5.75 Å². The molecule has 0 spiro atoms. The zero-order chi connectivity index (χ0) is 18.3. The minimum atomic E-state index is 0.160. The maximum absolute atomic E-state index is 5.49. The van der Waals surface area contributed by atoms with E-state index in [0.717, 1.165) is 5.75 Å². The van der Waals surface area contributed by atoms with Crippen LogP contribution < -0.4 is 4.74 Å². The average molecular weight is 340 g/mol. The molecule has 0 heterocycles. The predicted octanol–water partition coefficient (Wildman–Crippen LogP) is 6.97. The van der Waals surface area contributed by atoms with Gasteiger partial charge in [0.2, 0.25) is 0 Å². The van der Waals surface area contributed by atoms with Crippen molar-refractivity contribution in [2.24, 2.45) is 0 Å². The highest BCUT2D eigenvalue weighted by Gasteiger charge is 2.14. The number of hydrogen-bond acceptors (Lipinski definition) is 1. The van der Waals surface area contributed by atoms with Crippen molar-refractivity contribution in [1.29, 1.82) is 0 Å². The van der Waals surface area contributed by atoms with Gasteiger partial charge in [-0.3, -0.25) is 0 Å². The predicted molar refractivity (Wildman–Crippen MR) is 112 cm³/mol. The van der Waals surface area contributed by atoms with Gasteiger partial charge in [-0.05, 0) is 61.8 Å². The number of ether oxygens (including phenoxy) is 1. The Hall–Kier alpha value is -2.80. The molecule has 4 aromatic rings. The van der Waals surface area contributed by atoms with Crippen molar-refractivity contribution in [1.82, 2.24) is 0 Å². The Bertz CT molecular complexity index is 1080. The van der Waals surface area contributed by atoms with Gasteiger partial charge in [0.15, 0.2) is 0 Å². The van der Waals surface area contributed by atoms with Crippen molar-refractivity contribution in [2.75, 3.05) is 7.11 Å². The SMILES string of the molecule is COc1ccc2c(c1)c(-c1ccc(C(C)(C)C)cc1)cc1ccccc12. The van der Waals surface area contributed by atoms with E-state index < -0.39 is 0 Å². The highest BCUT2D eigenvalue weighted by atomic mass is 16.5. The topological polar surface area (TPSA) is 9.23 Å². The van der Waals surface area contributed by atoms with Crippen LogP contribution in [0.2, 0.25) is 0 Å². The van der Waals surface area contributed by atoms with E-state index in [9.17, 15) is 0 Å². The van der Waals surface area contributed by atoms with Gasteiger partial charge in [0.05, 0.1) is 7.11 Å². The van der Waals surface area contributed by atoms with Gasteiger partial charge in [-0.1, -0.05) is 75.4 Å². The Labute approximate surface area is 155 Å². The Morgan fingerprint density at radius 3 is 2.12 bits per heavy atom. The lowest BCUT2D eigenvalue weighted by Crippen LogP contribution is -2.10. The minimum Gasteiger partial charge on any atom is -0.497 e. The summed E-state index contributed by atoms with van der Waals surface area (Å²) in [6.07, 6.45) is 0. The Balaban J connectivity index is 2.00. The first kappa shape index (κ1) is 16.7. The molecule has 0 fully saturated rings. The Morgan fingerprint density at radius 2 is 1.42 bits per heavy atom. The van der Waals surface area contributed by atoms with Crippen LogP contribution in [0.3, 0.4) is 0 Å². The summed E-state index contributed by atoms with van der Waals surface area (Å²) in [5, 5.41) is 5.03. The Kier molecular flexibility index (Phi) is 3.96. The van der Waals surface area contributed by atoms with E-state index in [2.05, 4.69) is 87.5 Å². The van der Waals surface area contributed by atoms with E-state index in [4.69, 9.17) is 4.74 Å². The third kappa shape index (κ3) is 2.84. The highest BCUT2D eigenvalue weighted by molar-refractivity contribution is 6.14. The summed E-state index contributed by atoms with van der Waals surface area (Å²) in [5.74, 6) is 0.889. The quantitative estimate of drug-likeness (QED) is 0.358. The van der Waals surface area contributed by atoms with Crippen molar-refractivity contribution in [3.63, 3.8) is 0 Å². The van der Waals surface area contributed by atoms with Crippen LogP contribution in [-0.4, -0.2) is 7.11 Å². The third-order valence-electron chi connectivity index (χ3n) is 5.13. The maximum Gasteiger partial charge on any atom is 0.119 e. The van der Waals surface area contributed by atoms with Gasteiger partial charge in [-0.15, -0.1) is 0 Å². The Morgan fingerprint density at radius 1 is 0.692 bits per heavy atom. The summed E-state index contributed by atoms with van der Waals surface area (Å²) in [4.78, 5) is 0. The average Bonchev–Trinajstić information content (AvgIpc) is 2.66. The van der Waals surface area contributed by atoms with E-state index in [1.165, 1.54) is 38.2 Å². The van der Waals surface area contributed by atoms with E-state index >= 15 is 0 Å². The maximum atomic E-state index is 5.49. The number of fused-ring (bicyclic) bond motifs is 3. The van der Waals surface area contributed by atoms with Gasteiger partial charge in [0.25, 0.3) is 0 Å². The van der Waals surface area contributed by atoms with Gasteiger partial charge in [0, 0.05) is 0 Å². The molecule has 26 heavy (non-hydrogen) atoms. The number of benzene rings is 4. The van der Waals surface area contributed by atoms with Crippen molar-refractivity contribution < 1.29 is 4.74 Å². The zero-order valence-electron chi connectivity index (χ0n) is 15.8. The summed E-state index contributed by atoms with van der Waals surface area (Å²) in [7, 11) is 1.72. The third-order valence-corrected chi connectivity index (χ3v) is 5.13. The summed E-state index contributed by atoms with van der Waals surface area (Å²) in [5.41, 5.74) is 4.00. The zero-order valence-corrected chi connectivity index (χ0v) is 15.8. The van der Waals surface area contributed by atoms with Crippen LogP contribution in [-0.2, 0) is 5.41 Å². The lowest BCUT2D eigenvalue weighted by molar-refractivity contribution is 0.415. The molecule has 0 saturated heterocycles. The second-order valence-corrected chi connectivity index (χ2v) is 7.88. The molecule has 0 aliphatic carbocycles. The lowest BCUT2D eigenvalue weighted by atomic mass is 9.85. The molecule has 0 aliphatic heterocycles. The van der Waals surface area contributed by atoms with Crippen molar-refractivity contribution >= 4 is 21.5 Å². The molecule has 130 valence electrons. The smallest absolute Gasteiger partial charge is 0.119 e. The molecule has 0 bridgehead atoms. The molecular weight excluding hydrogens is 316 g/mol. The van der Waals surface area contributed by atoms with Crippen LogP contribution >= 0.6 is 0 Å². The standard InChI is InChI=1S/C25H24O/c1-25(2,3)19-11-9-17(10-12-19)23-15-18-7-5-6-8-21(18)22-14-13-20(26-4)16-24(22)23/h5-16H,1-4H3. The fourth-order valence-electron chi connectivity index (χ4n) is 3.60. The highest BCUT2D eigenvalue weighted by Crippen LogP contribution is 2.37. The van der Waals surface area contributed by atoms with Crippen molar-refractivity contribution in [3.05, 3.63) is 78.4 Å². The largest absolute Gasteiger partial charge is 0.497 e. The van der Waals surface area contributed by atoms with Crippen molar-refractivity contribution in [2.45, 2.75) is 26.2 Å². The molecule has 0 aliphatic rings. The van der Waals surface area contributed by atoms with E-state index in [1.807, 2.05) is 6.07 Å². The second kappa shape index (κ2) is 6.17. The molecular formula is C25H24O. The fourth-order valence-corrected chi connectivity index (χ4v) is 3.60. The first-order valence-corrected chi connectivity index (χ1v) is 9.08. The van der Waals surface area contributed by atoms with Gasteiger partial charge in [-0.2, -0.15) is 0 Å². The first-order valence-electron chi connectivity index (χ1n) is 9.08. The summed E-state index contributed by atoms with van der Waals surface area (Å²) < 4.78 is 5.49. The summed E-state index contributed by atoms with van der Waals surface area (Å²) in [6.45, 7) is 6.74. The number of hydrogen-bond donors (Lipinski definition) is 0. The van der Waals surface area contributed by atoms with Crippen LogP contribution in [0.1, 0.15) is 26.3 Å². The number of methoxy groups -OCH3 is 1. The van der Waals surface area contributed by atoms with Gasteiger partial charge in [-0.25, -0.2) is 0 Å². The fraction of sp³-hybridized carbons (Fsp3) is 0.200. The summed E-state index contributed by atoms with van der Waals surface area (Å²) >= 11 is 0. The van der Waals surface area contributed by atoms with Gasteiger partial charge < -0.3 is 4.74 Å². The molecule has 1 nitrogen and oxygen atoms in total. The van der Waals surface area contributed by atoms with E-state index in [-0.39, 0.29) is 5.41 Å². The molecule has 0 N–H and O–H groups in total. The van der Waals surface area contributed by atoms with Crippen LogP contribution in [0.25, 0.3) is 32.7 Å². The molecule has 1 heteroatoms. The van der Waals surface area contributed by atoms with Crippen LogP contribution in [0.4, 0.5) is 0 Å². The molecule has 4 rings (SSSR count). The van der Waals surface area contributed by atoms with Crippen LogP contribution in [0.5, 0.6) is 5.75 Å². The minimum absolute atomic E-state index is 0.160. The molecule has 0 saturated carbocycles. The monoisotopic (exact) mass is 340 g/mol. The summed E-state index contributed by atoms with van der Waals surface area (Å²) in [6, 6.07) is 26.2. The molecule has 0 radical (unpaired) electrons. The molecule has 0 aromatic heterocycles. The van der Waals surface area contributed by atoms with E-state index in [0.29, 0.717) is 0 Å². The van der Waals surface area contributed by atoms with Crippen LogP contribution in [0.15, 0.2) is 72.8 Å². The van der Waals surface area contributed by atoms with Crippen LogP contribution in [0, 0.1) is 0 Å².